The van der Waals surface area contributed by atoms with Crippen LogP contribution in [-0.4, -0.2) is 32.3 Å². The molecule has 1 aliphatic rings. The van der Waals surface area contributed by atoms with E-state index in [4.69, 9.17) is 4.74 Å². The van der Waals surface area contributed by atoms with Crippen LogP contribution in [0.2, 0.25) is 0 Å². The van der Waals surface area contributed by atoms with Crippen molar-refractivity contribution in [3.8, 4) is 0 Å². The largest absolute Gasteiger partial charge is 0.381 e. The first-order valence-corrected chi connectivity index (χ1v) is 5.82. The predicted octanol–water partition coefficient (Wildman–Crippen LogP) is 1.51. The van der Waals surface area contributed by atoms with Crippen molar-refractivity contribution in [2.75, 3.05) is 20.3 Å². The van der Waals surface area contributed by atoms with Gasteiger partial charge in [-0.25, -0.2) is 4.79 Å². The van der Waals surface area contributed by atoms with Crippen molar-refractivity contribution in [1.29, 1.82) is 0 Å². The van der Waals surface area contributed by atoms with Crippen LogP contribution in [0, 0.1) is 5.92 Å². The summed E-state index contributed by atoms with van der Waals surface area (Å²) < 4.78 is 5.32. The number of rotatable bonds is 4. The van der Waals surface area contributed by atoms with E-state index in [9.17, 15) is 4.79 Å². The Balaban J connectivity index is 2.28. The second-order valence-electron chi connectivity index (χ2n) is 4.12. The van der Waals surface area contributed by atoms with Crippen LogP contribution in [0.3, 0.4) is 0 Å². The first-order valence-electron chi connectivity index (χ1n) is 5.82. The summed E-state index contributed by atoms with van der Waals surface area (Å²) in [6.07, 6.45) is 4.33. The maximum atomic E-state index is 11.2. The van der Waals surface area contributed by atoms with Gasteiger partial charge in [0, 0.05) is 26.3 Å². The number of carbonyl (C=O) groups excluding carboxylic acids is 1. The Kier molecular flexibility index (Phi) is 5.47. The van der Waals surface area contributed by atoms with E-state index in [0.717, 1.165) is 38.9 Å². The minimum atomic E-state index is -0.0751. The molecule has 1 aliphatic heterocycles. The topological polar surface area (TPSA) is 50.4 Å². The lowest BCUT2D eigenvalue weighted by Gasteiger charge is -2.26. The van der Waals surface area contributed by atoms with Gasteiger partial charge in [-0.15, -0.1) is 0 Å². The molecule has 1 saturated heterocycles. The van der Waals surface area contributed by atoms with Crippen molar-refractivity contribution >= 4 is 6.03 Å². The zero-order valence-electron chi connectivity index (χ0n) is 9.71. The average molecular weight is 214 g/mol. The molecule has 4 heteroatoms. The molecular formula is C11H22N2O2. The van der Waals surface area contributed by atoms with E-state index < -0.39 is 0 Å². The van der Waals surface area contributed by atoms with Crippen LogP contribution in [0.1, 0.15) is 32.6 Å². The first-order chi connectivity index (χ1) is 7.26. The van der Waals surface area contributed by atoms with Crippen molar-refractivity contribution < 1.29 is 9.53 Å². The van der Waals surface area contributed by atoms with E-state index in [1.807, 2.05) is 0 Å². The molecule has 0 aromatic carbocycles. The van der Waals surface area contributed by atoms with Crippen molar-refractivity contribution in [2.45, 2.75) is 38.6 Å². The molecule has 0 aromatic rings. The smallest absolute Gasteiger partial charge is 0.314 e. The third-order valence-electron chi connectivity index (χ3n) is 3.01. The van der Waals surface area contributed by atoms with E-state index in [0.29, 0.717) is 12.0 Å². The number of hydrogen-bond donors (Lipinski definition) is 2. The monoisotopic (exact) mass is 214 g/mol. The molecule has 1 atom stereocenters. The lowest BCUT2D eigenvalue weighted by Crippen LogP contribution is -2.41. The van der Waals surface area contributed by atoms with Crippen molar-refractivity contribution in [3.05, 3.63) is 0 Å². The summed E-state index contributed by atoms with van der Waals surface area (Å²) in [5, 5.41) is 5.57. The van der Waals surface area contributed by atoms with Crippen LogP contribution in [0.4, 0.5) is 4.79 Å². The lowest BCUT2D eigenvalue weighted by molar-refractivity contribution is 0.0608. The SMILES string of the molecule is CC[C@H](CC1CCOCC1)NC(=O)NC. The molecule has 0 radical (unpaired) electrons. The highest BCUT2D eigenvalue weighted by Gasteiger charge is 2.19. The summed E-state index contributed by atoms with van der Waals surface area (Å²) in [6, 6.07) is 0.224. The highest BCUT2D eigenvalue weighted by atomic mass is 16.5. The Labute approximate surface area is 91.8 Å². The predicted molar refractivity (Wildman–Crippen MR) is 59.8 cm³/mol. The fourth-order valence-corrected chi connectivity index (χ4v) is 1.97. The number of hydrogen-bond acceptors (Lipinski definition) is 2. The minimum absolute atomic E-state index is 0.0751. The van der Waals surface area contributed by atoms with Gasteiger partial charge in [-0.1, -0.05) is 6.92 Å². The number of urea groups is 1. The molecule has 2 amide bonds. The average Bonchev–Trinajstić information content (AvgIpc) is 2.29. The van der Waals surface area contributed by atoms with Gasteiger partial charge in [0.1, 0.15) is 0 Å². The maximum absolute atomic E-state index is 11.2. The zero-order valence-corrected chi connectivity index (χ0v) is 9.71. The third-order valence-corrected chi connectivity index (χ3v) is 3.01. The van der Waals surface area contributed by atoms with E-state index >= 15 is 0 Å². The Morgan fingerprint density at radius 3 is 2.67 bits per heavy atom. The highest BCUT2D eigenvalue weighted by Crippen LogP contribution is 2.20. The fraction of sp³-hybridized carbons (Fsp3) is 0.909. The van der Waals surface area contributed by atoms with Gasteiger partial charge >= 0.3 is 6.03 Å². The van der Waals surface area contributed by atoms with E-state index in [1.165, 1.54) is 0 Å². The van der Waals surface area contributed by atoms with Crippen LogP contribution in [-0.2, 0) is 4.74 Å². The first kappa shape index (κ1) is 12.3. The van der Waals surface area contributed by atoms with Crippen molar-refractivity contribution in [1.82, 2.24) is 10.6 Å². The fourth-order valence-electron chi connectivity index (χ4n) is 1.97. The molecule has 0 aromatic heterocycles. The highest BCUT2D eigenvalue weighted by molar-refractivity contribution is 5.73. The molecule has 0 unspecified atom stereocenters. The summed E-state index contributed by atoms with van der Waals surface area (Å²) in [5.74, 6) is 0.709. The summed E-state index contributed by atoms with van der Waals surface area (Å²) in [6.45, 7) is 3.86. The standard InChI is InChI=1S/C11H22N2O2/c1-3-10(13-11(14)12-2)8-9-4-6-15-7-5-9/h9-10H,3-8H2,1-2H3,(H2,12,13,14)/t10-/m1/s1. The molecule has 1 rings (SSSR count). The van der Waals surface area contributed by atoms with Crippen LogP contribution < -0.4 is 10.6 Å². The van der Waals surface area contributed by atoms with E-state index in [1.54, 1.807) is 7.05 Å². The molecule has 0 bridgehead atoms. The zero-order chi connectivity index (χ0) is 11.1. The Bertz CT molecular complexity index is 191. The van der Waals surface area contributed by atoms with Gasteiger partial charge in [0.2, 0.25) is 0 Å². The normalized spacial score (nSPS) is 19.6. The van der Waals surface area contributed by atoms with Gasteiger partial charge in [-0.2, -0.15) is 0 Å². The van der Waals surface area contributed by atoms with E-state index in [2.05, 4.69) is 17.6 Å². The van der Waals surface area contributed by atoms with Crippen molar-refractivity contribution in [3.63, 3.8) is 0 Å². The lowest BCUT2D eigenvalue weighted by atomic mass is 9.91. The summed E-state index contributed by atoms with van der Waals surface area (Å²) in [4.78, 5) is 11.2. The second-order valence-corrected chi connectivity index (χ2v) is 4.12. The molecule has 0 aliphatic carbocycles. The number of nitrogens with one attached hydrogen (secondary N) is 2. The number of amides is 2. The molecule has 0 saturated carbocycles. The molecule has 1 heterocycles. The molecule has 1 fully saturated rings. The van der Waals surface area contributed by atoms with Gasteiger partial charge < -0.3 is 15.4 Å². The second kappa shape index (κ2) is 6.67. The quantitative estimate of drug-likeness (QED) is 0.745. The van der Waals surface area contributed by atoms with Crippen LogP contribution >= 0.6 is 0 Å². The molecule has 4 nitrogen and oxygen atoms in total. The van der Waals surface area contributed by atoms with Gasteiger partial charge in [-0.05, 0) is 31.6 Å². The van der Waals surface area contributed by atoms with Gasteiger partial charge in [-0.3, -0.25) is 0 Å². The molecule has 0 spiro atoms. The van der Waals surface area contributed by atoms with Gasteiger partial charge in [0.25, 0.3) is 0 Å². The van der Waals surface area contributed by atoms with Gasteiger partial charge in [0.15, 0.2) is 0 Å². The van der Waals surface area contributed by atoms with E-state index in [-0.39, 0.29) is 6.03 Å². The van der Waals surface area contributed by atoms with Crippen LogP contribution in [0.5, 0.6) is 0 Å². The van der Waals surface area contributed by atoms with Crippen molar-refractivity contribution in [2.24, 2.45) is 5.92 Å². The molecule has 15 heavy (non-hydrogen) atoms. The van der Waals surface area contributed by atoms with Crippen LogP contribution in [0.15, 0.2) is 0 Å². The Morgan fingerprint density at radius 1 is 1.47 bits per heavy atom. The molecule has 2 N–H and O–H groups in total. The van der Waals surface area contributed by atoms with Crippen LogP contribution in [0.25, 0.3) is 0 Å². The summed E-state index contributed by atoms with van der Waals surface area (Å²) >= 11 is 0. The molecular weight excluding hydrogens is 192 g/mol. The summed E-state index contributed by atoms with van der Waals surface area (Å²) in [7, 11) is 1.65. The maximum Gasteiger partial charge on any atom is 0.314 e. The number of carbonyl (C=O) groups is 1. The Morgan fingerprint density at radius 2 is 2.13 bits per heavy atom. The number of ether oxygens (including phenoxy) is 1. The summed E-state index contributed by atoms with van der Waals surface area (Å²) in [5.41, 5.74) is 0. The minimum Gasteiger partial charge on any atom is -0.381 e. The van der Waals surface area contributed by atoms with Gasteiger partial charge in [0.05, 0.1) is 0 Å². The third kappa shape index (κ3) is 4.51. The molecule has 88 valence electrons. The Hall–Kier alpha value is -0.770.